The molecule has 0 aliphatic carbocycles. The van der Waals surface area contributed by atoms with Crippen molar-refractivity contribution in [3.63, 3.8) is 0 Å². The maximum Gasteiger partial charge on any atom is 0.337 e. The van der Waals surface area contributed by atoms with Gasteiger partial charge in [0.25, 0.3) is 5.56 Å². The van der Waals surface area contributed by atoms with Crippen LogP contribution in [0.15, 0.2) is 59.5 Å². The zero-order chi connectivity index (χ0) is 24.2. The first-order valence-corrected chi connectivity index (χ1v) is 11.3. The number of carbonyl (C=O) groups excluding carboxylic acids is 1. The fraction of sp³-hybridized carbons (Fsp3) is 0.240. The topological polar surface area (TPSA) is 125 Å². The van der Waals surface area contributed by atoms with Gasteiger partial charge in [0.1, 0.15) is 16.7 Å². The minimum Gasteiger partial charge on any atom is -0.465 e. The van der Waals surface area contributed by atoms with Crippen LogP contribution in [0.4, 0.5) is 11.5 Å². The van der Waals surface area contributed by atoms with Gasteiger partial charge in [-0.3, -0.25) is 9.69 Å². The van der Waals surface area contributed by atoms with E-state index in [0.717, 1.165) is 38.4 Å². The summed E-state index contributed by atoms with van der Waals surface area (Å²) in [5.74, 6) is 0.356. The van der Waals surface area contributed by atoms with Crippen LogP contribution in [0.25, 0.3) is 22.3 Å². The molecule has 0 radical (unpaired) electrons. The largest absolute Gasteiger partial charge is 0.465 e. The molecule has 186 valence electrons. The summed E-state index contributed by atoms with van der Waals surface area (Å²) in [6.07, 6.45) is 1.49. The molecule has 1 aliphatic rings. The highest BCUT2D eigenvalue weighted by atomic mass is 35.5. The van der Waals surface area contributed by atoms with Gasteiger partial charge in [-0.25, -0.2) is 19.9 Å². The van der Waals surface area contributed by atoms with Crippen molar-refractivity contribution in [2.45, 2.75) is 6.54 Å². The van der Waals surface area contributed by atoms with Gasteiger partial charge in [-0.05, 0) is 29.8 Å². The van der Waals surface area contributed by atoms with Crippen molar-refractivity contribution in [2.75, 3.05) is 38.6 Å². The first-order valence-electron chi connectivity index (χ1n) is 11.3. The van der Waals surface area contributed by atoms with Crippen molar-refractivity contribution < 1.29 is 9.53 Å². The Kier molecular flexibility index (Phi) is 7.89. The average molecular weight is 508 g/mol. The average Bonchev–Trinajstić information content (AvgIpc) is 2.90. The summed E-state index contributed by atoms with van der Waals surface area (Å²) >= 11 is 0. The van der Waals surface area contributed by atoms with E-state index in [1.165, 1.54) is 18.9 Å². The Hall–Kier alpha value is -3.86. The molecule has 0 atom stereocenters. The Morgan fingerprint density at radius 3 is 2.47 bits per heavy atom. The highest BCUT2D eigenvalue weighted by molar-refractivity contribution is 5.92. The van der Waals surface area contributed by atoms with Gasteiger partial charge in [0.05, 0.1) is 18.9 Å². The molecule has 0 spiro atoms. The third-order valence-electron chi connectivity index (χ3n) is 5.91. The molecule has 11 heteroatoms. The summed E-state index contributed by atoms with van der Waals surface area (Å²) in [7, 11) is 1.34. The fourth-order valence-corrected chi connectivity index (χ4v) is 4.05. The van der Waals surface area contributed by atoms with Gasteiger partial charge >= 0.3 is 5.97 Å². The van der Waals surface area contributed by atoms with Crippen LogP contribution in [0.1, 0.15) is 15.9 Å². The monoisotopic (exact) mass is 507 g/mol. The molecule has 4 aromatic rings. The van der Waals surface area contributed by atoms with Gasteiger partial charge in [-0.15, -0.1) is 12.4 Å². The third kappa shape index (κ3) is 5.51. The van der Waals surface area contributed by atoms with Gasteiger partial charge < -0.3 is 15.4 Å². The van der Waals surface area contributed by atoms with Crippen LogP contribution in [-0.4, -0.2) is 64.3 Å². The number of fused-ring (bicyclic) bond motifs is 1. The van der Waals surface area contributed by atoms with Gasteiger partial charge in [0, 0.05) is 44.0 Å². The molecule has 5 rings (SSSR count). The van der Waals surface area contributed by atoms with Crippen LogP contribution >= 0.6 is 12.4 Å². The zero-order valence-electron chi connectivity index (χ0n) is 19.7. The number of aromatic nitrogens is 4. The number of benzene rings is 2. The number of nitrogens with one attached hydrogen (secondary N) is 3. The van der Waals surface area contributed by atoms with Gasteiger partial charge in [0.15, 0.2) is 5.82 Å². The Balaban J connectivity index is 0.00000304. The minimum absolute atomic E-state index is 0. The summed E-state index contributed by atoms with van der Waals surface area (Å²) in [6, 6.07) is 14.9. The SMILES string of the molecule is COC(=O)c1ccc(-c2nc(Nc3ccc(CN4CCNCC4)cc3)c3c(=O)[nH]ncc3n2)cc1.Cl. The quantitative estimate of drug-likeness (QED) is 0.338. The molecule has 3 N–H and O–H groups in total. The molecular formula is C25H26ClN7O3. The number of H-pyrrole nitrogens is 1. The number of rotatable bonds is 6. The number of aromatic amines is 1. The van der Waals surface area contributed by atoms with E-state index in [-0.39, 0.29) is 18.0 Å². The van der Waals surface area contributed by atoms with E-state index >= 15 is 0 Å². The summed E-state index contributed by atoms with van der Waals surface area (Å²) in [6.45, 7) is 4.99. The molecule has 2 aromatic heterocycles. The number of nitrogens with zero attached hydrogens (tertiary/aromatic N) is 4. The molecule has 0 unspecified atom stereocenters. The number of anilines is 2. The smallest absolute Gasteiger partial charge is 0.337 e. The summed E-state index contributed by atoms with van der Waals surface area (Å²) in [5.41, 5.74) is 3.17. The number of carbonyl (C=O) groups is 1. The lowest BCUT2D eigenvalue weighted by molar-refractivity contribution is 0.0600. The Bertz CT molecular complexity index is 1400. The molecule has 0 bridgehead atoms. The molecule has 10 nitrogen and oxygen atoms in total. The van der Waals surface area contributed by atoms with Gasteiger partial charge in [-0.2, -0.15) is 5.10 Å². The first kappa shape index (κ1) is 25.2. The fourth-order valence-electron chi connectivity index (χ4n) is 4.05. The third-order valence-corrected chi connectivity index (χ3v) is 5.91. The van der Waals surface area contributed by atoms with Crippen molar-refractivity contribution in [3.05, 3.63) is 76.2 Å². The van der Waals surface area contributed by atoms with E-state index in [0.29, 0.717) is 33.7 Å². The number of esters is 1. The maximum atomic E-state index is 12.6. The predicted molar refractivity (Wildman–Crippen MR) is 140 cm³/mol. The van der Waals surface area contributed by atoms with E-state index < -0.39 is 5.97 Å². The molecule has 1 saturated heterocycles. The maximum absolute atomic E-state index is 12.6. The number of piperazine rings is 1. The standard InChI is InChI=1S/C25H25N7O3.ClH/c1-35-25(34)18-6-4-17(5-7-18)22-29-20-14-27-31-24(33)21(20)23(30-22)28-19-8-2-16(3-9-19)15-32-12-10-26-11-13-32;/h2-9,14,26H,10-13,15H2,1H3,(H,31,33)(H,28,29,30);1H. The number of methoxy groups -OCH3 is 1. The van der Waals surface area contributed by atoms with Crippen molar-refractivity contribution in [3.8, 4) is 11.4 Å². The minimum atomic E-state index is -0.422. The number of ether oxygens (including phenoxy) is 1. The lowest BCUT2D eigenvalue weighted by atomic mass is 10.1. The van der Waals surface area contributed by atoms with Crippen molar-refractivity contribution in [2.24, 2.45) is 0 Å². The van der Waals surface area contributed by atoms with Crippen LogP contribution in [0.5, 0.6) is 0 Å². The summed E-state index contributed by atoms with van der Waals surface area (Å²) < 4.78 is 4.76. The van der Waals surface area contributed by atoms with Gasteiger partial charge in [-0.1, -0.05) is 24.3 Å². The van der Waals surface area contributed by atoms with Crippen LogP contribution < -0.4 is 16.2 Å². The number of hydrogen-bond donors (Lipinski definition) is 3. The molecule has 2 aromatic carbocycles. The van der Waals surface area contributed by atoms with Crippen molar-refractivity contribution in [1.29, 1.82) is 0 Å². The van der Waals surface area contributed by atoms with Crippen molar-refractivity contribution >= 4 is 40.8 Å². The lowest BCUT2D eigenvalue weighted by Crippen LogP contribution is -2.42. The van der Waals surface area contributed by atoms with Crippen molar-refractivity contribution in [1.82, 2.24) is 30.4 Å². The molecule has 1 aliphatic heterocycles. The highest BCUT2D eigenvalue weighted by Gasteiger charge is 2.15. The van der Waals surface area contributed by atoms with Crippen LogP contribution in [0, 0.1) is 0 Å². The Morgan fingerprint density at radius 2 is 1.78 bits per heavy atom. The Morgan fingerprint density at radius 1 is 1.06 bits per heavy atom. The predicted octanol–water partition coefficient (Wildman–Crippen LogP) is 2.74. The molecule has 0 saturated carbocycles. The molecular weight excluding hydrogens is 482 g/mol. The molecule has 0 amide bonds. The normalized spacial score (nSPS) is 13.7. The molecule has 36 heavy (non-hydrogen) atoms. The molecule has 3 heterocycles. The first-order chi connectivity index (χ1) is 17.1. The number of halogens is 1. The van der Waals surface area contributed by atoms with E-state index in [1.807, 2.05) is 12.1 Å². The summed E-state index contributed by atoms with van der Waals surface area (Å²) in [4.78, 5) is 35.9. The van der Waals surface area contributed by atoms with E-state index in [4.69, 9.17) is 4.74 Å². The molecule has 1 fully saturated rings. The number of hydrogen-bond acceptors (Lipinski definition) is 9. The highest BCUT2D eigenvalue weighted by Crippen LogP contribution is 2.25. The second kappa shape index (κ2) is 11.3. The second-order valence-electron chi connectivity index (χ2n) is 8.27. The van der Waals surface area contributed by atoms with E-state index in [1.54, 1.807) is 24.3 Å². The lowest BCUT2D eigenvalue weighted by Gasteiger charge is -2.27. The van der Waals surface area contributed by atoms with E-state index in [9.17, 15) is 9.59 Å². The second-order valence-corrected chi connectivity index (χ2v) is 8.27. The van der Waals surface area contributed by atoms with Crippen LogP contribution in [0.3, 0.4) is 0 Å². The summed E-state index contributed by atoms with van der Waals surface area (Å²) in [5, 5.41) is 13.3. The van der Waals surface area contributed by atoms with Gasteiger partial charge in [0.2, 0.25) is 0 Å². The van der Waals surface area contributed by atoms with Crippen LogP contribution in [-0.2, 0) is 11.3 Å². The Labute approximate surface area is 213 Å². The van der Waals surface area contributed by atoms with Crippen LogP contribution in [0.2, 0.25) is 0 Å². The zero-order valence-corrected chi connectivity index (χ0v) is 20.5. The van der Waals surface area contributed by atoms with E-state index in [2.05, 4.69) is 47.8 Å².